The number of hydrogen-bond acceptors (Lipinski definition) is 1. The van der Waals surface area contributed by atoms with Crippen molar-refractivity contribution in [1.82, 2.24) is 0 Å². The van der Waals surface area contributed by atoms with Crippen LogP contribution in [0.3, 0.4) is 0 Å². The molecular weight excluding hydrogens is 178 g/mol. The zero-order chi connectivity index (χ0) is 10.5. The van der Waals surface area contributed by atoms with Crippen LogP contribution in [0.2, 0.25) is 24.2 Å². The summed E-state index contributed by atoms with van der Waals surface area (Å²) in [7, 11) is -1.14. The van der Waals surface area contributed by atoms with Crippen LogP contribution in [0.15, 0.2) is 5.11 Å². The third kappa shape index (κ3) is 4.34. The summed E-state index contributed by atoms with van der Waals surface area (Å²) in [5.41, 5.74) is 8.13. The Bertz CT molecular complexity index is 199. The van der Waals surface area contributed by atoms with Gasteiger partial charge in [0.1, 0.15) is 0 Å². The Morgan fingerprint density at radius 3 is 2.23 bits per heavy atom. The van der Waals surface area contributed by atoms with Gasteiger partial charge < -0.3 is 0 Å². The topological polar surface area (TPSA) is 48.8 Å². The fourth-order valence-corrected chi connectivity index (χ4v) is 2.80. The molecule has 0 aliphatic rings. The van der Waals surface area contributed by atoms with Gasteiger partial charge in [-0.2, -0.15) is 0 Å². The molecule has 0 N–H and O–H groups in total. The minimum atomic E-state index is -1.14. The second kappa shape index (κ2) is 4.68. The fourth-order valence-electron chi connectivity index (χ4n) is 1.01. The second-order valence-corrected chi connectivity index (χ2v) is 11.0. The van der Waals surface area contributed by atoms with Gasteiger partial charge in [0.15, 0.2) is 0 Å². The lowest BCUT2D eigenvalue weighted by Gasteiger charge is -2.37. The van der Waals surface area contributed by atoms with E-state index in [0.717, 1.165) is 6.42 Å². The SMILES string of the molecule is CC(C)(C)[Si](C)(C)CCCN=[N+]=[N-]. The highest BCUT2D eigenvalue weighted by Crippen LogP contribution is 2.39. The Hall–Kier alpha value is -0.473. The van der Waals surface area contributed by atoms with Gasteiger partial charge in [-0.05, 0) is 10.6 Å². The maximum absolute atomic E-state index is 8.13. The average Bonchev–Trinajstić information content (AvgIpc) is 1.96. The van der Waals surface area contributed by atoms with Gasteiger partial charge in [0, 0.05) is 11.5 Å². The van der Waals surface area contributed by atoms with Gasteiger partial charge in [-0.3, -0.25) is 0 Å². The molecular formula is C9H21N3Si. The number of azide groups is 1. The molecule has 0 aromatic heterocycles. The molecule has 0 aromatic carbocycles. The van der Waals surface area contributed by atoms with Crippen molar-refractivity contribution in [2.45, 2.75) is 51.4 Å². The highest BCUT2D eigenvalue weighted by Gasteiger charge is 2.33. The predicted molar refractivity (Wildman–Crippen MR) is 60.6 cm³/mol. The molecule has 0 spiro atoms. The summed E-state index contributed by atoms with van der Waals surface area (Å²) in [6, 6.07) is 1.25. The van der Waals surface area contributed by atoms with Crippen LogP contribution in [-0.2, 0) is 0 Å². The number of hydrogen-bond donors (Lipinski definition) is 0. The molecule has 0 rings (SSSR count). The zero-order valence-electron chi connectivity index (χ0n) is 9.46. The Morgan fingerprint density at radius 1 is 1.31 bits per heavy atom. The zero-order valence-corrected chi connectivity index (χ0v) is 10.5. The van der Waals surface area contributed by atoms with E-state index in [1.807, 2.05) is 0 Å². The molecule has 0 atom stereocenters. The third-order valence-electron chi connectivity index (χ3n) is 3.15. The van der Waals surface area contributed by atoms with Gasteiger partial charge in [0.05, 0.1) is 8.07 Å². The van der Waals surface area contributed by atoms with Gasteiger partial charge in [-0.1, -0.05) is 51.4 Å². The fraction of sp³-hybridized carbons (Fsp3) is 1.00. The first-order valence-electron chi connectivity index (χ1n) is 4.82. The lowest BCUT2D eigenvalue weighted by molar-refractivity contribution is 0.705. The molecule has 0 aliphatic heterocycles. The minimum Gasteiger partial charge on any atom is -0.0940 e. The van der Waals surface area contributed by atoms with Gasteiger partial charge in [-0.15, -0.1) is 0 Å². The van der Waals surface area contributed by atoms with Crippen LogP contribution in [0.5, 0.6) is 0 Å². The first-order chi connectivity index (χ1) is 5.81. The van der Waals surface area contributed by atoms with Crippen molar-refractivity contribution >= 4 is 8.07 Å². The monoisotopic (exact) mass is 199 g/mol. The smallest absolute Gasteiger partial charge is 0.0527 e. The molecule has 0 saturated heterocycles. The Kier molecular flexibility index (Phi) is 4.51. The largest absolute Gasteiger partial charge is 0.0940 e. The van der Waals surface area contributed by atoms with E-state index in [9.17, 15) is 0 Å². The molecule has 0 fully saturated rings. The van der Waals surface area contributed by atoms with E-state index in [1.54, 1.807) is 0 Å². The van der Waals surface area contributed by atoms with Crippen molar-refractivity contribution in [3.8, 4) is 0 Å². The van der Waals surface area contributed by atoms with Gasteiger partial charge in [-0.25, -0.2) is 0 Å². The molecule has 0 radical (unpaired) electrons. The van der Waals surface area contributed by atoms with Crippen molar-refractivity contribution in [2.24, 2.45) is 5.11 Å². The molecule has 0 aliphatic carbocycles. The summed E-state index contributed by atoms with van der Waals surface area (Å²) >= 11 is 0. The van der Waals surface area contributed by atoms with E-state index < -0.39 is 8.07 Å². The van der Waals surface area contributed by atoms with Crippen LogP contribution >= 0.6 is 0 Å². The second-order valence-electron chi connectivity index (χ2n) is 5.19. The highest BCUT2D eigenvalue weighted by molar-refractivity contribution is 6.80. The van der Waals surface area contributed by atoms with Crippen molar-refractivity contribution in [2.75, 3.05) is 6.54 Å². The summed E-state index contributed by atoms with van der Waals surface area (Å²) in [5.74, 6) is 0. The first kappa shape index (κ1) is 12.5. The number of nitrogens with zero attached hydrogens (tertiary/aromatic N) is 3. The summed E-state index contributed by atoms with van der Waals surface area (Å²) in [4.78, 5) is 2.76. The van der Waals surface area contributed by atoms with Crippen LogP contribution in [-0.4, -0.2) is 14.6 Å². The van der Waals surface area contributed by atoms with Gasteiger partial charge in [0.2, 0.25) is 0 Å². The molecule has 0 heterocycles. The van der Waals surface area contributed by atoms with Crippen LogP contribution in [0.1, 0.15) is 27.2 Å². The molecule has 0 amide bonds. The number of rotatable bonds is 4. The lowest BCUT2D eigenvalue weighted by Crippen LogP contribution is -2.36. The quantitative estimate of drug-likeness (QED) is 0.214. The summed E-state index contributed by atoms with van der Waals surface area (Å²) in [5, 5.41) is 4.01. The van der Waals surface area contributed by atoms with E-state index in [4.69, 9.17) is 5.53 Å². The molecule has 76 valence electrons. The van der Waals surface area contributed by atoms with E-state index >= 15 is 0 Å². The molecule has 13 heavy (non-hydrogen) atoms. The highest BCUT2D eigenvalue weighted by atomic mass is 28.3. The van der Waals surface area contributed by atoms with Crippen LogP contribution in [0, 0.1) is 0 Å². The van der Waals surface area contributed by atoms with Crippen LogP contribution < -0.4 is 0 Å². The molecule has 0 bridgehead atoms. The molecule has 3 nitrogen and oxygen atoms in total. The summed E-state index contributed by atoms with van der Waals surface area (Å²) in [6.07, 6.45) is 1.04. The molecule has 0 aromatic rings. The van der Waals surface area contributed by atoms with Gasteiger partial charge in [0.25, 0.3) is 0 Å². The van der Waals surface area contributed by atoms with Crippen molar-refractivity contribution in [3.63, 3.8) is 0 Å². The van der Waals surface area contributed by atoms with E-state index in [1.165, 1.54) is 6.04 Å². The molecule has 0 saturated carbocycles. The maximum Gasteiger partial charge on any atom is 0.0527 e. The minimum absolute atomic E-state index is 0.448. The summed E-state index contributed by atoms with van der Waals surface area (Å²) in [6.45, 7) is 12.4. The standard InChI is InChI=1S/C9H21N3Si/c1-9(2,3)13(4,5)8-6-7-11-12-10/h6-8H2,1-5H3. The third-order valence-corrected chi connectivity index (χ3v) is 8.82. The van der Waals surface area contributed by atoms with E-state index in [-0.39, 0.29) is 0 Å². The van der Waals surface area contributed by atoms with Crippen molar-refractivity contribution in [1.29, 1.82) is 0 Å². The summed E-state index contributed by atoms with van der Waals surface area (Å²) < 4.78 is 0. The first-order valence-corrected chi connectivity index (χ1v) is 8.03. The molecule has 4 heteroatoms. The van der Waals surface area contributed by atoms with Crippen molar-refractivity contribution in [3.05, 3.63) is 10.4 Å². The average molecular weight is 199 g/mol. The van der Waals surface area contributed by atoms with Crippen molar-refractivity contribution < 1.29 is 0 Å². The van der Waals surface area contributed by atoms with Gasteiger partial charge >= 0.3 is 0 Å². The Balaban J connectivity index is 3.96. The lowest BCUT2D eigenvalue weighted by atomic mass is 10.2. The van der Waals surface area contributed by atoms with Crippen LogP contribution in [0.4, 0.5) is 0 Å². The molecule has 0 unspecified atom stereocenters. The predicted octanol–water partition coefficient (Wildman–Crippen LogP) is 4.20. The van der Waals surface area contributed by atoms with E-state index in [2.05, 4.69) is 43.9 Å². The van der Waals surface area contributed by atoms with Crippen LogP contribution in [0.25, 0.3) is 10.4 Å². The van der Waals surface area contributed by atoms with E-state index in [0.29, 0.717) is 11.6 Å². The normalized spacial score (nSPS) is 12.4. The maximum atomic E-state index is 8.13. The Labute approximate surface area is 82.2 Å². The Morgan fingerprint density at radius 2 is 1.85 bits per heavy atom.